The molecule has 0 aliphatic carbocycles. The van der Waals surface area contributed by atoms with Crippen LogP contribution in [0.3, 0.4) is 0 Å². The van der Waals surface area contributed by atoms with Crippen LogP contribution in [0.5, 0.6) is 5.75 Å². The van der Waals surface area contributed by atoms with Crippen molar-refractivity contribution in [3.05, 3.63) is 104 Å². The van der Waals surface area contributed by atoms with Gasteiger partial charge in [0.2, 0.25) is 0 Å². The van der Waals surface area contributed by atoms with Crippen LogP contribution in [0.2, 0.25) is 0 Å². The van der Waals surface area contributed by atoms with Gasteiger partial charge < -0.3 is 10.1 Å². The first-order chi connectivity index (χ1) is 16.3. The average molecular weight is 526 g/mol. The van der Waals surface area contributed by atoms with Gasteiger partial charge in [-0.25, -0.2) is 4.39 Å². The number of nitrogens with zero attached hydrogens (tertiary/aromatic N) is 1. The fourth-order valence-electron chi connectivity index (χ4n) is 5.17. The van der Waals surface area contributed by atoms with Crippen molar-refractivity contribution in [2.45, 2.75) is 37.1 Å². The molecule has 1 saturated heterocycles. The number of nitrogens with one attached hydrogen (secondary N) is 2. The average Bonchev–Trinajstić information content (AvgIpc) is 3.27. The first-order valence-corrected chi connectivity index (χ1v) is 11.6. The highest BCUT2D eigenvalue weighted by Gasteiger charge is 2.68. The van der Waals surface area contributed by atoms with Crippen LogP contribution < -0.4 is 15.4 Å². The van der Waals surface area contributed by atoms with Crippen molar-refractivity contribution >= 4 is 27.5 Å². The number of rotatable bonds is 5. The van der Waals surface area contributed by atoms with E-state index in [9.17, 15) is 19.3 Å². The van der Waals surface area contributed by atoms with Crippen LogP contribution in [0.25, 0.3) is 0 Å². The number of para-hydroxylation sites is 1. The molecule has 4 atom stereocenters. The van der Waals surface area contributed by atoms with Gasteiger partial charge in [-0.05, 0) is 48.9 Å². The van der Waals surface area contributed by atoms with Crippen LogP contribution in [0.1, 0.15) is 29.5 Å². The van der Waals surface area contributed by atoms with Crippen molar-refractivity contribution in [3.63, 3.8) is 0 Å². The molecule has 3 aromatic carbocycles. The summed E-state index contributed by atoms with van der Waals surface area (Å²) in [6, 6.07) is 16.7. The Balaban J connectivity index is 1.57. The zero-order valence-electron chi connectivity index (χ0n) is 18.1. The second-order valence-corrected chi connectivity index (χ2v) is 9.51. The molecule has 0 bridgehead atoms. The number of nitro groups is 1. The second-order valence-electron chi connectivity index (χ2n) is 8.59. The summed E-state index contributed by atoms with van der Waals surface area (Å²) in [5.74, 6) is -0.962. The molecule has 2 aliphatic rings. The molecule has 2 heterocycles. The number of ether oxygens (including phenoxy) is 1. The SMILES string of the molecule is C[C@@H]1N[C@]2(C(=O)Nc3ccccc32)[C@H]([N+](=O)[O-])[C@@H]1c1cc(Br)ccc1OCc1ccc(F)cc1. The summed E-state index contributed by atoms with van der Waals surface area (Å²) in [5, 5.41) is 18.6. The van der Waals surface area contributed by atoms with Gasteiger partial charge >= 0.3 is 0 Å². The summed E-state index contributed by atoms with van der Waals surface area (Å²) in [5.41, 5.74) is 1.02. The van der Waals surface area contributed by atoms with Crippen molar-refractivity contribution in [2.24, 2.45) is 0 Å². The summed E-state index contributed by atoms with van der Waals surface area (Å²) >= 11 is 3.47. The Morgan fingerprint density at radius 1 is 1.15 bits per heavy atom. The monoisotopic (exact) mass is 525 g/mol. The summed E-state index contributed by atoms with van der Waals surface area (Å²) in [4.78, 5) is 25.4. The molecule has 0 radical (unpaired) electrons. The zero-order chi connectivity index (χ0) is 24.0. The number of carbonyl (C=O) groups excluding carboxylic acids is 1. The Kier molecular flexibility index (Phi) is 5.61. The van der Waals surface area contributed by atoms with E-state index in [0.717, 1.165) is 10.0 Å². The molecule has 7 nitrogen and oxygen atoms in total. The van der Waals surface area contributed by atoms with E-state index >= 15 is 0 Å². The highest BCUT2D eigenvalue weighted by molar-refractivity contribution is 9.10. The number of hydrogen-bond donors (Lipinski definition) is 2. The molecule has 0 unspecified atom stereocenters. The predicted molar refractivity (Wildman–Crippen MR) is 128 cm³/mol. The third-order valence-corrected chi connectivity index (χ3v) is 7.10. The number of halogens is 2. The number of carbonyl (C=O) groups is 1. The zero-order valence-corrected chi connectivity index (χ0v) is 19.7. The summed E-state index contributed by atoms with van der Waals surface area (Å²) in [6.45, 7) is 2.01. The molecule has 0 aromatic heterocycles. The molecule has 2 aliphatic heterocycles. The van der Waals surface area contributed by atoms with Crippen LogP contribution >= 0.6 is 15.9 Å². The summed E-state index contributed by atoms with van der Waals surface area (Å²) < 4.78 is 20.1. The Morgan fingerprint density at radius 2 is 1.88 bits per heavy atom. The molecule has 0 saturated carbocycles. The highest BCUT2D eigenvalue weighted by Crippen LogP contribution is 2.51. The van der Waals surface area contributed by atoms with Gasteiger partial charge in [-0.2, -0.15) is 0 Å². The molecule has 34 heavy (non-hydrogen) atoms. The van der Waals surface area contributed by atoms with Gasteiger partial charge in [0.05, 0.1) is 5.92 Å². The lowest BCUT2D eigenvalue weighted by atomic mass is 9.78. The van der Waals surface area contributed by atoms with Crippen molar-refractivity contribution < 1.29 is 18.8 Å². The maximum absolute atomic E-state index is 13.3. The van der Waals surface area contributed by atoms with E-state index in [-0.39, 0.29) is 17.3 Å². The van der Waals surface area contributed by atoms with Gasteiger partial charge in [0.25, 0.3) is 11.9 Å². The minimum absolute atomic E-state index is 0.168. The number of amides is 1. The van der Waals surface area contributed by atoms with Crippen molar-refractivity contribution in [1.82, 2.24) is 5.32 Å². The first kappa shape index (κ1) is 22.5. The minimum atomic E-state index is -1.50. The largest absolute Gasteiger partial charge is 0.489 e. The highest BCUT2D eigenvalue weighted by atomic mass is 79.9. The molecule has 174 valence electrons. The lowest BCUT2D eigenvalue weighted by Crippen LogP contribution is -2.54. The van der Waals surface area contributed by atoms with Crippen molar-refractivity contribution in [2.75, 3.05) is 5.32 Å². The van der Waals surface area contributed by atoms with Crippen molar-refractivity contribution in [3.8, 4) is 5.75 Å². The molecule has 1 fully saturated rings. The van der Waals surface area contributed by atoms with Gasteiger partial charge in [0.1, 0.15) is 18.2 Å². The maximum Gasteiger partial charge on any atom is 0.256 e. The van der Waals surface area contributed by atoms with E-state index in [2.05, 4.69) is 26.6 Å². The first-order valence-electron chi connectivity index (χ1n) is 10.8. The Morgan fingerprint density at radius 3 is 2.62 bits per heavy atom. The normalized spacial score (nSPS) is 25.3. The molecule has 5 rings (SSSR count). The maximum atomic E-state index is 13.3. The van der Waals surface area contributed by atoms with Crippen LogP contribution in [-0.4, -0.2) is 22.9 Å². The third-order valence-electron chi connectivity index (χ3n) is 6.60. The van der Waals surface area contributed by atoms with Gasteiger partial charge in [-0.15, -0.1) is 0 Å². The number of fused-ring (bicyclic) bond motifs is 2. The molecule has 1 spiro atoms. The van der Waals surface area contributed by atoms with Crippen LogP contribution in [-0.2, 0) is 16.9 Å². The fourth-order valence-corrected chi connectivity index (χ4v) is 5.55. The number of anilines is 1. The fraction of sp³-hybridized carbons (Fsp3) is 0.240. The Bertz CT molecular complexity index is 1290. The lowest BCUT2D eigenvalue weighted by molar-refractivity contribution is -0.532. The smallest absolute Gasteiger partial charge is 0.256 e. The van der Waals surface area contributed by atoms with Crippen LogP contribution in [0.15, 0.2) is 71.2 Å². The van der Waals surface area contributed by atoms with Crippen molar-refractivity contribution in [1.29, 1.82) is 0 Å². The molecule has 2 N–H and O–H groups in total. The molecule has 9 heteroatoms. The third kappa shape index (κ3) is 3.56. The quantitative estimate of drug-likeness (QED) is 0.370. The summed E-state index contributed by atoms with van der Waals surface area (Å²) in [7, 11) is 0. The van der Waals surface area contributed by atoms with E-state index in [1.807, 2.05) is 6.92 Å². The van der Waals surface area contributed by atoms with Gasteiger partial charge in [0, 0.05) is 32.3 Å². The van der Waals surface area contributed by atoms with E-state index < -0.39 is 29.4 Å². The topological polar surface area (TPSA) is 93.5 Å². The second kappa shape index (κ2) is 8.48. The number of hydrogen-bond acceptors (Lipinski definition) is 5. The van der Waals surface area contributed by atoms with Gasteiger partial charge in [-0.3, -0.25) is 20.2 Å². The van der Waals surface area contributed by atoms with E-state index in [1.54, 1.807) is 54.6 Å². The van der Waals surface area contributed by atoms with Gasteiger partial charge in [-0.1, -0.05) is 46.3 Å². The van der Waals surface area contributed by atoms with E-state index in [0.29, 0.717) is 22.6 Å². The van der Waals surface area contributed by atoms with E-state index in [4.69, 9.17) is 4.74 Å². The Labute approximate surface area is 203 Å². The Hall–Kier alpha value is -3.30. The molecule has 3 aromatic rings. The van der Waals surface area contributed by atoms with Crippen LogP contribution in [0.4, 0.5) is 10.1 Å². The summed E-state index contributed by atoms with van der Waals surface area (Å²) in [6.07, 6.45) is 0. The van der Waals surface area contributed by atoms with Gasteiger partial charge in [0.15, 0.2) is 5.54 Å². The molecular weight excluding hydrogens is 505 g/mol. The van der Waals surface area contributed by atoms with Crippen LogP contribution in [0, 0.1) is 15.9 Å². The molecular formula is C25H21BrFN3O4. The predicted octanol–water partition coefficient (Wildman–Crippen LogP) is 4.74. The standard InChI is InChI=1S/C25H21BrFN3O4/c1-14-22(18-12-16(26)8-11-21(18)34-13-15-6-9-17(27)10-7-15)23(30(32)33)25(29-14)19-4-2-3-5-20(19)28-24(25)31/h2-12,14,22-23,29H,13H2,1H3,(H,28,31)/t14-,22-,23+,25-/m0/s1. The number of benzene rings is 3. The lowest BCUT2D eigenvalue weighted by Gasteiger charge is -2.26. The van der Waals surface area contributed by atoms with E-state index in [1.165, 1.54) is 12.1 Å². The minimum Gasteiger partial charge on any atom is -0.489 e. The molecule has 1 amide bonds.